The lowest BCUT2D eigenvalue weighted by molar-refractivity contribution is -0.113. The molecule has 1 N–H and O–H groups in total. The summed E-state index contributed by atoms with van der Waals surface area (Å²) < 4.78 is 6.93. The molecule has 1 unspecified atom stereocenters. The highest BCUT2D eigenvalue weighted by Gasteiger charge is 2.30. The molecule has 0 aliphatic carbocycles. The summed E-state index contributed by atoms with van der Waals surface area (Å²) in [6, 6.07) is 9.06. The molecule has 2 aromatic rings. The normalized spacial score (nSPS) is 13.9. The second-order valence-electron chi connectivity index (χ2n) is 6.44. The minimum absolute atomic E-state index is 0.627. The smallest absolute Gasteiger partial charge is 0.408 e. The number of amides is 1. The molecule has 0 radical (unpaired) electrons. The maximum Gasteiger partial charge on any atom is 0.408 e. The summed E-state index contributed by atoms with van der Waals surface area (Å²) in [6.45, 7) is 6.93. The van der Waals surface area contributed by atoms with Gasteiger partial charge in [-0.25, -0.2) is 9.48 Å². The van der Waals surface area contributed by atoms with Crippen molar-refractivity contribution in [2.24, 2.45) is 0 Å². The summed E-state index contributed by atoms with van der Waals surface area (Å²) in [4.78, 5) is 23.5. The fraction of sp³-hybridized carbons (Fsp3) is 0.353. The van der Waals surface area contributed by atoms with Crippen LogP contribution in [0.25, 0.3) is 5.69 Å². The number of carbonyl (C=O) groups excluding carboxylic acids is 2. The first-order chi connectivity index (χ1) is 10.7. The van der Waals surface area contributed by atoms with Gasteiger partial charge in [0.15, 0.2) is 0 Å². The van der Waals surface area contributed by atoms with E-state index in [0.717, 1.165) is 5.69 Å². The van der Waals surface area contributed by atoms with Crippen LogP contribution in [0.5, 0.6) is 0 Å². The first kappa shape index (κ1) is 16.7. The lowest BCUT2D eigenvalue weighted by Crippen LogP contribution is -2.46. The number of aldehydes is 1. The Labute approximate surface area is 135 Å². The van der Waals surface area contributed by atoms with E-state index in [4.69, 9.17) is 4.74 Å². The van der Waals surface area contributed by atoms with Crippen LogP contribution in [0.3, 0.4) is 0 Å². The number of benzene rings is 1. The minimum atomic E-state index is -1.16. The van der Waals surface area contributed by atoms with Gasteiger partial charge in [-0.3, -0.25) is 0 Å². The van der Waals surface area contributed by atoms with Crippen molar-refractivity contribution in [2.45, 2.75) is 38.8 Å². The van der Waals surface area contributed by atoms with E-state index < -0.39 is 17.2 Å². The average molecular weight is 315 g/mol. The van der Waals surface area contributed by atoms with E-state index in [0.29, 0.717) is 11.8 Å². The number of carbonyl (C=O) groups is 2. The van der Waals surface area contributed by atoms with Crippen LogP contribution >= 0.6 is 0 Å². The monoisotopic (exact) mass is 315 g/mol. The molecule has 0 fully saturated rings. The number of hydrogen-bond acceptors (Lipinski definition) is 4. The summed E-state index contributed by atoms with van der Waals surface area (Å²) >= 11 is 0. The standard InChI is InChI=1S/C17H21N3O3/c1-16(2,3)23-15(22)19-17(4,12-21)13-6-8-14(9-7-13)20-11-5-10-18-20/h5-12H,1-4H3,(H,19,22). The van der Waals surface area contributed by atoms with Crippen molar-refractivity contribution in [1.82, 2.24) is 15.1 Å². The Morgan fingerprint density at radius 2 is 1.87 bits per heavy atom. The fourth-order valence-corrected chi connectivity index (χ4v) is 2.07. The predicted molar refractivity (Wildman–Crippen MR) is 86.3 cm³/mol. The van der Waals surface area contributed by atoms with Gasteiger partial charge in [-0.1, -0.05) is 12.1 Å². The molecule has 1 aromatic carbocycles. The van der Waals surface area contributed by atoms with Crippen LogP contribution in [0.4, 0.5) is 4.79 Å². The number of alkyl carbamates (subject to hydrolysis) is 1. The third kappa shape index (κ3) is 4.18. The van der Waals surface area contributed by atoms with Gasteiger partial charge in [0.05, 0.1) is 5.69 Å². The SMILES string of the molecule is CC(C)(C)OC(=O)NC(C)(C=O)c1ccc(-n2cccn2)cc1. The molecule has 6 nitrogen and oxygen atoms in total. The highest BCUT2D eigenvalue weighted by atomic mass is 16.6. The maximum atomic E-state index is 12.0. The van der Waals surface area contributed by atoms with Crippen molar-refractivity contribution in [2.75, 3.05) is 0 Å². The van der Waals surface area contributed by atoms with E-state index in [-0.39, 0.29) is 0 Å². The highest BCUT2D eigenvalue weighted by molar-refractivity contribution is 5.78. The Morgan fingerprint density at radius 1 is 1.22 bits per heavy atom. The predicted octanol–water partition coefficient (Wildman–Crippen LogP) is 2.81. The first-order valence-electron chi connectivity index (χ1n) is 7.31. The molecule has 0 aliphatic heterocycles. The van der Waals surface area contributed by atoms with Crippen molar-refractivity contribution in [3.8, 4) is 5.69 Å². The zero-order valence-electron chi connectivity index (χ0n) is 13.7. The average Bonchev–Trinajstić information content (AvgIpc) is 2.99. The maximum absolute atomic E-state index is 12.0. The van der Waals surface area contributed by atoms with Crippen LogP contribution < -0.4 is 5.32 Å². The van der Waals surface area contributed by atoms with Crippen LogP contribution in [0.2, 0.25) is 0 Å². The van der Waals surface area contributed by atoms with Gasteiger partial charge in [-0.15, -0.1) is 0 Å². The lowest BCUT2D eigenvalue weighted by Gasteiger charge is -2.28. The summed E-state index contributed by atoms with van der Waals surface area (Å²) in [7, 11) is 0. The summed E-state index contributed by atoms with van der Waals surface area (Å²) in [6.07, 6.45) is 3.57. The molecule has 0 aliphatic rings. The molecular formula is C17H21N3O3. The molecule has 6 heteroatoms. The zero-order chi connectivity index (χ0) is 17.1. The summed E-state index contributed by atoms with van der Waals surface area (Å²) in [5.74, 6) is 0. The van der Waals surface area contributed by atoms with Crippen molar-refractivity contribution in [3.05, 3.63) is 48.3 Å². The van der Waals surface area contributed by atoms with Gasteiger partial charge in [-0.05, 0) is 51.5 Å². The molecule has 2 rings (SSSR count). The number of aromatic nitrogens is 2. The summed E-state index contributed by atoms with van der Waals surface area (Å²) in [5.41, 5.74) is -0.262. The molecule has 1 atom stereocenters. The number of rotatable bonds is 4. The number of hydrogen-bond donors (Lipinski definition) is 1. The number of ether oxygens (including phenoxy) is 1. The van der Waals surface area contributed by atoms with E-state index in [1.807, 2.05) is 24.4 Å². The Bertz CT molecular complexity index is 672. The van der Waals surface area contributed by atoms with Gasteiger partial charge in [0.1, 0.15) is 17.4 Å². The van der Waals surface area contributed by atoms with Gasteiger partial charge in [0.25, 0.3) is 0 Å². The van der Waals surface area contributed by atoms with Crippen LogP contribution in [0, 0.1) is 0 Å². The molecule has 0 bridgehead atoms. The molecule has 23 heavy (non-hydrogen) atoms. The van der Waals surface area contributed by atoms with Gasteiger partial charge in [0.2, 0.25) is 0 Å². The van der Waals surface area contributed by atoms with Crippen molar-refractivity contribution in [3.63, 3.8) is 0 Å². The largest absolute Gasteiger partial charge is 0.444 e. The van der Waals surface area contributed by atoms with Gasteiger partial charge < -0.3 is 14.8 Å². The number of nitrogens with zero attached hydrogens (tertiary/aromatic N) is 2. The van der Waals surface area contributed by atoms with Crippen molar-refractivity contribution >= 4 is 12.4 Å². The van der Waals surface area contributed by atoms with Crippen LogP contribution in [-0.4, -0.2) is 27.8 Å². The van der Waals surface area contributed by atoms with Crippen LogP contribution in [0.15, 0.2) is 42.7 Å². The Hall–Kier alpha value is -2.63. The zero-order valence-corrected chi connectivity index (χ0v) is 13.7. The lowest BCUT2D eigenvalue weighted by atomic mass is 9.93. The van der Waals surface area contributed by atoms with E-state index in [1.54, 1.807) is 50.7 Å². The van der Waals surface area contributed by atoms with E-state index >= 15 is 0 Å². The molecule has 0 saturated heterocycles. The van der Waals surface area contributed by atoms with Crippen molar-refractivity contribution < 1.29 is 14.3 Å². The highest BCUT2D eigenvalue weighted by Crippen LogP contribution is 2.21. The van der Waals surface area contributed by atoms with E-state index in [2.05, 4.69) is 10.4 Å². The van der Waals surface area contributed by atoms with Gasteiger partial charge in [-0.2, -0.15) is 5.10 Å². The van der Waals surface area contributed by atoms with Gasteiger partial charge >= 0.3 is 6.09 Å². The summed E-state index contributed by atoms with van der Waals surface area (Å²) in [5, 5.41) is 6.76. The first-order valence-corrected chi connectivity index (χ1v) is 7.31. The minimum Gasteiger partial charge on any atom is -0.444 e. The topological polar surface area (TPSA) is 73.2 Å². The molecule has 0 saturated carbocycles. The van der Waals surface area contributed by atoms with E-state index in [1.165, 1.54) is 0 Å². The van der Waals surface area contributed by atoms with Crippen molar-refractivity contribution in [1.29, 1.82) is 0 Å². The Morgan fingerprint density at radius 3 is 2.35 bits per heavy atom. The number of nitrogens with one attached hydrogen (secondary N) is 1. The quantitative estimate of drug-likeness (QED) is 0.881. The molecule has 122 valence electrons. The van der Waals surface area contributed by atoms with Crippen LogP contribution in [-0.2, 0) is 15.1 Å². The molecular weight excluding hydrogens is 294 g/mol. The fourth-order valence-electron chi connectivity index (χ4n) is 2.07. The van der Waals surface area contributed by atoms with E-state index in [9.17, 15) is 9.59 Å². The second-order valence-corrected chi connectivity index (χ2v) is 6.44. The Kier molecular flexibility index (Phi) is 4.54. The van der Waals surface area contributed by atoms with Crippen LogP contribution in [0.1, 0.15) is 33.3 Å². The molecule has 0 spiro atoms. The second kappa shape index (κ2) is 6.24. The molecule has 1 amide bonds. The third-order valence-electron chi connectivity index (χ3n) is 3.23. The third-order valence-corrected chi connectivity index (χ3v) is 3.23. The molecule has 1 heterocycles. The molecule has 1 aromatic heterocycles. The Balaban J connectivity index is 2.19. The van der Waals surface area contributed by atoms with Gasteiger partial charge in [0, 0.05) is 12.4 Å².